The summed E-state index contributed by atoms with van der Waals surface area (Å²) >= 11 is 6.37. The van der Waals surface area contributed by atoms with Gasteiger partial charge in [-0.3, -0.25) is 0 Å². The van der Waals surface area contributed by atoms with E-state index in [0.29, 0.717) is 0 Å². The van der Waals surface area contributed by atoms with Crippen molar-refractivity contribution >= 4 is 50.2 Å². The van der Waals surface area contributed by atoms with Crippen LogP contribution in [0.25, 0.3) is 0 Å². The van der Waals surface area contributed by atoms with Crippen molar-refractivity contribution in [1.82, 2.24) is 4.45 Å². The highest BCUT2D eigenvalue weighted by molar-refractivity contribution is 9.10. The van der Waals surface area contributed by atoms with Gasteiger partial charge in [0.25, 0.3) is 0 Å². The molecule has 0 aliphatic heterocycles. The van der Waals surface area contributed by atoms with Crippen LogP contribution in [0.15, 0.2) is 28.7 Å². The highest BCUT2D eigenvalue weighted by atomic mass is 79.9. The van der Waals surface area contributed by atoms with Crippen LogP contribution in [0.2, 0.25) is 0 Å². The Balaban J connectivity index is 0.000001000. The molecule has 2 nitrogen and oxygen atoms in total. The van der Waals surface area contributed by atoms with Gasteiger partial charge in [0, 0.05) is 26.3 Å². The molecule has 62 valence electrons. The van der Waals surface area contributed by atoms with Crippen LogP contribution in [0.5, 0.6) is 0 Å². The summed E-state index contributed by atoms with van der Waals surface area (Å²) in [5.74, 6) is 0. The summed E-state index contributed by atoms with van der Waals surface area (Å²) in [5, 5.41) is 0. The lowest BCUT2D eigenvalue weighted by molar-refractivity contribution is 1.25. The van der Waals surface area contributed by atoms with Crippen molar-refractivity contribution in [2.24, 2.45) is 0 Å². The van der Waals surface area contributed by atoms with Gasteiger partial charge < -0.3 is 5.43 Å². The van der Waals surface area contributed by atoms with Gasteiger partial charge in [0.2, 0.25) is 0 Å². The van der Waals surface area contributed by atoms with Crippen molar-refractivity contribution in [3.63, 3.8) is 0 Å². The van der Waals surface area contributed by atoms with Crippen molar-refractivity contribution in [3.05, 3.63) is 28.7 Å². The van der Waals surface area contributed by atoms with Crippen LogP contribution in [0.3, 0.4) is 0 Å². The highest BCUT2D eigenvalue weighted by Gasteiger charge is 1.87. The van der Waals surface area contributed by atoms with Crippen molar-refractivity contribution < 1.29 is 0 Å². The van der Waals surface area contributed by atoms with Crippen molar-refractivity contribution in [1.29, 1.82) is 0 Å². The Morgan fingerprint density at radius 3 is 2.09 bits per heavy atom. The maximum absolute atomic E-state index is 3.34. The van der Waals surface area contributed by atoms with Gasteiger partial charge in [-0.25, -0.2) is 0 Å². The van der Waals surface area contributed by atoms with E-state index in [1.807, 2.05) is 24.3 Å². The molecule has 0 unspecified atom stereocenters. The smallest absolute Gasteiger partial charge is 0.0497 e. The molecule has 0 bridgehead atoms. The van der Waals surface area contributed by atoms with E-state index in [2.05, 4.69) is 42.0 Å². The fourth-order valence-corrected chi connectivity index (χ4v) is 1.08. The molecule has 0 amide bonds. The second-order valence-corrected chi connectivity index (χ2v) is 3.04. The summed E-state index contributed by atoms with van der Waals surface area (Å²) in [6.45, 7) is 0. The zero-order valence-corrected chi connectivity index (χ0v) is 9.46. The molecule has 0 saturated heterocycles. The molecule has 0 radical (unpaired) electrons. The Labute approximate surface area is 88.6 Å². The number of hydrazine groups is 1. The molecule has 0 aliphatic carbocycles. The van der Waals surface area contributed by atoms with Crippen LogP contribution in [-0.4, -0.2) is 0 Å². The summed E-state index contributed by atoms with van der Waals surface area (Å²) in [6, 6.07) is 7.84. The summed E-state index contributed by atoms with van der Waals surface area (Å²) < 4.78 is 3.73. The molecule has 0 fully saturated rings. The molecule has 0 saturated carbocycles. The average Bonchev–Trinajstić information content (AvgIpc) is 1.95. The van der Waals surface area contributed by atoms with Crippen LogP contribution in [0.4, 0.5) is 5.69 Å². The first-order valence-electron chi connectivity index (χ1n) is 2.70. The quantitative estimate of drug-likeness (QED) is 0.648. The van der Waals surface area contributed by atoms with E-state index in [-0.39, 0.29) is 12.4 Å². The number of rotatable bonds is 2. The topological polar surface area (TPSA) is 24.1 Å². The first kappa shape index (κ1) is 11.2. The Morgan fingerprint density at radius 1 is 1.09 bits per heavy atom. The minimum atomic E-state index is 0. The van der Waals surface area contributed by atoms with Gasteiger partial charge in [-0.15, -0.1) is 12.4 Å². The lowest BCUT2D eigenvalue weighted by Crippen LogP contribution is -2.07. The molecule has 5 heteroatoms. The fourth-order valence-electron chi connectivity index (χ4n) is 0.588. The number of hydrogen-bond acceptors (Lipinski definition) is 2. The molecule has 1 aromatic rings. The van der Waals surface area contributed by atoms with Crippen molar-refractivity contribution in [2.75, 3.05) is 5.43 Å². The second-order valence-electron chi connectivity index (χ2n) is 1.73. The molecule has 0 aromatic heterocycles. The molecule has 0 heterocycles. The molecule has 0 atom stereocenters. The zero-order chi connectivity index (χ0) is 7.40. The number of halogens is 3. The molecule has 0 aliphatic rings. The SMILES string of the molecule is BrNNc1ccc(Br)cc1.Cl. The Kier molecular flexibility index (Phi) is 5.95. The van der Waals surface area contributed by atoms with E-state index in [1.54, 1.807) is 0 Å². The Morgan fingerprint density at radius 2 is 1.64 bits per heavy atom. The Hall–Kier alpha value is 0.230. The normalized spacial score (nSPS) is 8.55. The average molecular weight is 302 g/mol. The zero-order valence-electron chi connectivity index (χ0n) is 5.47. The molecule has 0 spiro atoms. The van der Waals surface area contributed by atoms with E-state index in [1.165, 1.54) is 0 Å². The third-order valence-corrected chi connectivity index (χ3v) is 1.76. The minimum absolute atomic E-state index is 0. The minimum Gasteiger partial charge on any atom is -0.312 e. The summed E-state index contributed by atoms with van der Waals surface area (Å²) in [6.07, 6.45) is 0. The first-order valence-corrected chi connectivity index (χ1v) is 4.29. The van der Waals surface area contributed by atoms with Gasteiger partial charge in [-0.1, -0.05) is 15.9 Å². The van der Waals surface area contributed by atoms with Crippen LogP contribution in [0.1, 0.15) is 0 Å². The summed E-state index contributed by atoms with van der Waals surface area (Å²) in [7, 11) is 0. The van der Waals surface area contributed by atoms with Crippen molar-refractivity contribution in [2.45, 2.75) is 0 Å². The van der Waals surface area contributed by atoms with Crippen LogP contribution in [-0.2, 0) is 0 Å². The second kappa shape index (κ2) is 5.83. The van der Waals surface area contributed by atoms with Gasteiger partial charge in [-0.2, -0.15) is 4.45 Å². The van der Waals surface area contributed by atoms with Crippen molar-refractivity contribution in [3.8, 4) is 0 Å². The number of benzene rings is 1. The molecule has 1 aromatic carbocycles. The molecule has 11 heavy (non-hydrogen) atoms. The lowest BCUT2D eigenvalue weighted by atomic mass is 10.3. The van der Waals surface area contributed by atoms with Crippen LogP contribution >= 0.6 is 44.5 Å². The third-order valence-electron chi connectivity index (χ3n) is 1.04. The van der Waals surface area contributed by atoms with Gasteiger partial charge in [-0.05, 0) is 24.3 Å². The van der Waals surface area contributed by atoms with Crippen LogP contribution in [0, 0.1) is 0 Å². The predicted octanol–water partition coefficient (Wildman–Crippen LogP) is 3.10. The standard InChI is InChI=1S/C6H6Br2N2.ClH/c7-5-1-3-6(4-2-5)9-10-8;/h1-4,9-10H;1H. The van der Waals surface area contributed by atoms with Crippen LogP contribution < -0.4 is 9.88 Å². The summed E-state index contributed by atoms with van der Waals surface area (Å²) in [5.41, 5.74) is 3.89. The molecule has 2 N–H and O–H groups in total. The van der Waals surface area contributed by atoms with E-state index >= 15 is 0 Å². The molecular weight excluding hydrogens is 295 g/mol. The van der Waals surface area contributed by atoms with E-state index in [9.17, 15) is 0 Å². The lowest BCUT2D eigenvalue weighted by Gasteiger charge is -2.00. The van der Waals surface area contributed by atoms with Gasteiger partial charge >= 0.3 is 0 Å². The summed E-state index contributed by atoms with van der Waals surface area (Å²) in [4.78, 5) is 0. The molecular formula is C6H7Br2ClN2. The van der Waals surface area contributed by atoms with E-state index in [0.717, 1.165) is 10.2 Å². The number of nitrogens with one attached hydrogen (secondary N) is 2. The predicted molar refractivity (Wildman–Crippen MR) is 57.1 cm³/mol. The largest absolute Gasteiger partial charge is 0.312 e. The number of anilines is 1. The maximum Gasteiger partial charge on any atom is 0.0497 e. The third kappa shape index (κ3) is 3.96. The first-order chi connectivity index (χ1) is 4.83. The van der Waals surface area contributed by atoms with Gasteiger partial charge in [0.15, 0.2) is 0 Å². The van der Waals surface area contributed by atoms with Gasteiger partial charge in [0.1, 0.15) is 0 Å². The fraction of sp³-hybridized carbons (Fsp3) is 0. The maximum atomic E-state index is 3.34. The van der Waals surface area contributed by atoms with E-state index < -0.39 is 0 Å². The monoisotopic (exact) mass is 300 g/mol. The highest BCUT2D eigenvalue weighted by Crippen LogP contribution is 2.13. The Bertz CT molecular complexity index is 202. The van der Waals surface area contributed by atoms with Gasteiger partial charge in [0.05, 0.1) is 0 Å². The number of hydrogen-bond donors (Lipinski definition) is 2. The molecule has 1 rings (SSSR count). The van der Waals surface area contributed by atoms with E-state index in [4.69, 9.17) is 0 Å².